The summed E-state index contributed by atoms with van der Waals surface area (Å²) in [5.74, 6) is -0.911. The van der Waals surface area contributed by atoms with E-state index in [4.69, 9.17) is 18.9 Å². The molecule has 23 heavy (non-hydrogen) atoms. The lowest BCUT2D eigenvalue weighted by atomic mass is 10.2. The van der Waals surface area contributed by atoms with Crippen LogP contribution in [0.1, 0.15) is 86.0 Å². The lowest BCUT2D eigenvalue weighted by Gasteiger charge is -2.35. The largest absolute Gasteiger partial charge is 0.345 e. The van der Waals surface area contributed by atoms with Gasteiger partial charge in [-0.15, -0.1) is 0 Å². The normalized spacial score (nSPS) is 12.3. The maximum atomic E-state index is 6.03. The molecular weight excluding hydrogens is 292 g/mol. The van der Waals surface area contributed by atoms with Crippen LogP contribution in [0.15, 0.2) is 0 Å². The van der Waals surface area contributed by atoms with Crippen LogP contribution in [0.4, 0.5) is 0 Å². The van der Waals surface area contributed by atoms with E-state index in [-0.39, 0.29) is 0 Å². The van der Waals surface area contributed by atoms with Crippen LogP contribution in [0.2, 0.25) is 0 Å². The molecule has 0 aromatic heterocycles. The van der Waals surface area contributed by atoms with E-state index in [0.29, 0.717) is 32.7 Å². The average Bonchev–Trinajstić information content (AvgIpc) is 2.54. The summed E-state index contributed by atoms with van der Waals surface area (Å²) < 4.78 is 23.9. The first-order valence-corrected chi connectivity index (χ1v) is 9.55. The van der Waals surface area contributed by atoms with Gasteiger partial charge < -0.3 is 18.9 Å². The number of hydrogen-bond donors (Lipinski definition) is 0. The maximum absolute atomic E-state index is 6.03. The molecule has 0 saturated carbocycles. The molecule has 0 aliphatic carbocycles. The molecule has 0 saturated heterocycles. The molecule has 1 radical (unpaired) electrons. The number of hydrogen-bond acceptors (Lipinski definition) is 4. The summed E-state index contributed by atoms with van der Waals surface area (Å²) >= 11 is 0. The minimum atomic E-state index is -0.911. The fourth-order valence-corrected chi connectivity index (χ4v) is 1.90. The van der Waals surface area contributed by atoms with Gasteiger partial charge in [0.1, 0.15) is 0 Å². The number of unbranched alkanes of at least 4 members (excludes halogenated alkanes) is 4. The molecule has 0 aromatic rings. The Bertz CT molecular complexity index is 226. The zero-order valence-corrected chi connectivity index (χ0v) is 16.1. The molecule has 0 unspecified atom stereocenters. The smallest absolute Gasteiger partial charge is 0.285 e. The Labute approximate surface area is 144 Å². The summed E-state index contributed by atoms with van der Waals surface area (Å²) in [5, 5.41) is 0. The summed E-state index contributed by atoms with van der Waals surface area (Å²) in [4.78, 5) is 0. The Balaban J connectivity index is 4.74. The first-order chi connectivity index (χ1) is 11.1. The zero-order valence-electron chi connectivity index (χ0n) is 16.1. The second kappa shape index (κ2) is 15.4. The standard InChI is InChI=1S/C19H39O4/c1-6-10-14-20-18(21-15-11-7-2)19(5,22-16-12-8-3)23-17-13-9-4/h6-17H2,1-5H3. The van der Waals surface area contributed by atoms with Crippen molar-refractivity contribution in [2.75, 3.05) is 26.4 Å². The minimum Gasteiger partial charge on any atom is -0.345 e. The summed E-state index contributed by atoms with van der Waals surface area (Å²) in [6, 6.07) is 0. The van der Waals surface area contributed by atoms with E-state index < -0.39 is 5.79 Å². The van der Waals surface area contributed by atoms with Crippen molar-refractivity contribution in [3.8, 4) is 0 Å². The van der Waals surface area contributed by atoms with Gasteiger partial charge in [-0.2, -0.15) is 0 Å². The Morgan fingerprint density at radius 2 is 0.957 bits per heavy atom. The molecule has 4 heteroatoms. The molecule has 0 bridgehead atoms. The third kappa shape index (κ3) is 11.1. The predicted octanol–water partition coefficient (Wildman–Crippen LogP) is 5.46. The minimum absolute atomic E-state index is 0.492. The average molecular weight is 332 g/mol. The molecule has 0 heterocycles. The van der Waals surface area contributed by atoms with E-state index in [9.17, 15) is 0 Å². The van der Waals surface area contributed by atoms with Gasteiger partial charge in [-0.3, -0.25) is 0 Å². The molecule has 0 fully saturated rings. The highest BCUT2D eigenvalue weighted by molar-refractivity contribution is 4.85. The molecular formula is C19H39O4. The Hall–Kier alpha value is -0.160. The topological polar surface area (TPSA) is 36.9 Å². The highest BCUT2D eigenvalue weighted by Gasteiger charge is 2.40. The van der Waals surface area contributed by atoms with E-state index in [1.807, 2.05) is 6.92 Å². The van der Waals surface area contributed by atoms with Gasteiger partial charge in [0.2, 0.25) is 5.79 Å². The van der Waals surface area contributed by atoms with Gasteiger partial charge in [0.25, 0.3) is 6.29 Å². The molecule has 0 rings (SSSR count). The van der Waals surface area contributed by atoms with E-state index in [1.54, 1.807) is 0 Å². The van der Waals surface area contributed by atoms with Gasteiger partial charge in [-0.25, -0.2) is 0 Å². The summed E-state index contributed by atoms with van der Waals surface area (Å²) in [5.41, 5.74) is 0. The highest BCUT2D eigenvalue weighted by Crippen LogP contribution is 2.29. The highest BCUT2D eigenvalue weighted by atomic mass is 16.8. The second-order valence-corrected chi connectivity index (χ2v) is 6.04. The van der Waals surface area contributed by atoms with Crippen molar-refractivity contribution in [1.29, 1.82) is 0 Å². The monoisotopic (exact) mass is 331 g/mol. The van der Waals surface area contributed by atoms with Crippen LogP contribution in [0.5, 0.6) is 0 Å². The third-order valence-corrected chi connectivity index (χ3v) is 3.58. The maximum Gasteiger partial charge on any atom is 0.285 e. The molecule has 0 amide bonds. The van der Waals surface area contributed by atoms with Crippen molar-refractivity contribution >= 4 is 0 Å². The quantitative estimate of drug-likeness (QED) is 0.262. The second-order valence-electron chi connectivity index (χ2n) is 6.04. The molecule has 4 nitrogen and oxygen atoms in total. The van der Waals surface area contributed by atoms with Crippen molar-refractivity contribution in [2.45, 2.75) is 91.8 Å². The van der Waals surface area contributed by atoms with E-state index in [1.165, 1.54) is 0 Å². The van der Waals surface area contributed by atoms with Crippen LogP contribution in [0.25, 0.3) is 0 Å². The van der Waals surface area contributed by atoms with E-state index >= 15 is 0 Å². The predicted molar refractivity (Wildman–Crippen MR) is 95.1 cm³/mol. The van der Waals surface area contributed by atoms with Crippen molar-refractivity contribution in [3.05, 3.63) is 6.29 Å². The molecule has 0 spiro atoms. The Morgan fingerprint density at radius 3 is 1.30 bits per heavy atom. The summed E-state index contributed by atoms with van der Waals surface area (Å²) in [6.07, 6.45) is 8.86. The van der Waals surface area contributed by atoms with Crippen molar-refractivity contribution < 1.29 is 18.9 Å². The summed E-state index contributed by atoms with van der Waals surface area (Å²) in [7, 11) is 0. The third-order valence-electron chi connectivity index (χ3n) is 3.58. The van der Waals surface area contributed by atoms with Crippen LogP contribution in [-0.2, 0) is 18.9 Å². The van der Waals surface area contributed by atoms with Crippen LogP contribution < -0.4 is 0 Å². The first kappa shape index (κ1) is 22.8. The zero-order chi connectivity index (χ0) is 17.4. The van der Waals surface area contributed by atoms with Gasteiger partial charge >= 0.3 is 0 Å². The molecule has 0 aromatic carbocycles. The van der Waals surface area contributed by atoms with Gasteiger partial charge in [-0.1, -0.05) is 53.4 Å². The number of rotatable bonds is 17. The van der Waals surface area contributed by atoms with E-state index in [0.717, 1.165) is 51.4 Å². The van der Waals surface area contributed by atoms with Crippen molar-refractivity contribution in [2.24, 2.45) is 0 Å². The van der Waals surface area contributed by atoms with Crippen molar-refractivity contribution in [3.63, 3.8) is 0 Å². The molecule has 0 atom stereocenters. The molecule has 0 N–H and O–H groups in total. The van der Waals surface area contributed by atoms with Gasteiger partial charge in [0.15, 0.2) is 0 Å². The molecule has 139 valence electrons. The van der Waals surface area contributed by atoms with Crippen LogP contribution in [0, 0.1) is 6.29 Å². The van der Waals surface area contributed by atoms with Crippen molar-refractivity contribution in [1.82, 2.24) is 0 Å². The van der Waals surface area contributed by atoms with Crippen LogP contribution in [-0.4, -0.2) is 32.2 Å². The van der Waals surface area contributed by atoms with Gasteiger partial charge in [0, 0.05) is 0 Å². The van der Waals surface area contributed by atoms with E-state index in [2.05, 4.69) is 27.7 Å². The number of ether oxygens (including phenoxy) is 4. The SMILES string of the molecule is CCCCO[C](OCCCC)C(C)(OCCCC)OCCCC. The molecule has 0 aliphatic heterocycles. The first-order valence-electron chi connectivity index (χ1n) is 9.55. The molecule has 0 aliphatic rings. The fourth-order valence-electron chi connectivity index (χ4n) is 1.90. The Kier molecular flexibility index (Phi) is 15.3. The van der Waals surface area contributed by atoms with Crippen LogP contribution >= 0.6 is 0 Å². The summed E-state index contributed by atoms with van der Waals surface area (Å²) in [6.45, 7) is 13.1. The fraction of sp³-hybridized carbons (Fsp3) is 0.947. The Morgan fingerprint density at radius 1 is 0.609 bits per heavy atom. The van der Waals surface area contributed by atoms with Gasteiger partial charge in [-0.05, 0) is 32.6 Å². The van der Waals surface area contributed by atoms with Crippen LogP contribution in [0.3, 0.4) is 0 Å². The lowest BCUT2D eigenvalue weighted by Crippen LogP contribution is -2.43. The van der Waals surface area contributed by atoms with Gasteiger partial charge in [0.05, 0.1) is 26.4 Å². The lowest BCUT2D eigenvalue weighted by molar-refractivity contribution is -0.290.